The molecule has 0 aromatic rings. The van der Waals surface area contributed by atoms with Gasteiger partial charge in [-0.3, -0.25) is 9.59 Å². The van der Waals surface area contributed by atoms with Gasteiger partial charge in [-0.1, -0.05) is 13.8 Å². The standard InChI is InChI=1S/C16H30ClNO6/c1-14(2)15(19)3-5-21-7-9-23-11-12-24-10-8-22-6-4-18-16(20)13-17/h14H,3-13H2,1-2H3,(H,18,20). The van der Waals surface area contributed by atoms with Gasteiger partial charge in [0, 0.05) is 18.9 Å². The van der Waals surface area contributed by atoms with Gasteiger partial charge in [-0.05, 0) is 0 Å². The van der Waals surface area contributed by atoms with E-state index < -0.39 is 0 Å². The number of carbonyl (C=O) groups excluding carboxylic acids is 2. The second-order valence-electron chi connectivity index (χ2n) is 5.30. The molecule has 1 amide bonds. The van der Waals surface area contributed by atoms with E-state index in [0.29, 0.717) is 65.8 Å². The lowest BCUT2D eigenvalue weighted by molar-refractivity contribution is -0.123. The van der Waals surface area contributed by atoms with E-state index in [0.717, 1.165) is 0 Å². The normalized spacial score (nSPS) is 11.0. The highest BCUT2D eigenvalue weighted by Gasteiger charge is 2.05. The van der Waals surface area contributed by atoms with Gasteiger partial charge < -0.3 is 24.3 Å². The molecule has 0 aromatic carbocycles. The van der Waals surface area contributed by atoms with Crippen LogP contribution in [-0.2, 0) is 28.5 Å². The summed E-state index contributed by atoms with van der Waals surface area (Å²) >= 11 is 5.33. The maximum Gasteiger partial charge on any atom is 0.235 e. The number of Topliss-reactive ketones (excluding diaryl/α,β-unsaturated/α-hetero) is 1. The van der Waals surface area contributed by atoms with Gasteiger partial charge in [-0.15, -0.1) is 11.6 Å². The Bertz CT molecular complexity index is 328. The molecule has 0 saturated heterocycles. The Morgan fingerprint density at radius 2 is 1.29 bits per heavy atom. The number of halogens is 1. The van der Waals surface area contributed by atoms with Gasteiger partial charge in [0.2, 0.25) is 5.91 Å². The molecule has 0 bridgehead atoms. The Morgan fingerprint density at radius 1 is 0.833 bits per heavy atom. The van der Waals surface area contributed by atoms with E-state index in [1.165, 1.54) is 0 Å². The second kappa shape index (κ2) is 17.1. The van der Waals surface area contributed by atoms with Crippen LogP contribution in [0.1, 0.15) is 20.3 Å². The molecule has 0 heterocycles. The summed E-state index contributed by atoms with van der Waals surface area (Å²) in [6, 6.07) is 0. The third-order valence-electron chi connectivity index (χ3n) is 2.94. The lowest BCUT2D eigenvalue weighted by atomic mass is 10.1. The summed E-state index contributed by atoms with van der Waals surface area (Å²) < 4.78 is 21.2. The minimum atomic E-state index is -0.204. The number of amides is 1. The number of carbonyl (C=O) groups is 2. The van der Waals surface area contributed by atoms with Crippen LogP contribution >= 0.6 is 11.6 Å². The topological polar surface area (TPSA) is 83.1 Å². The monoisotopic (exact) mass is 367 g/mol. The highest BCUT2D eigenvalue weighted by atomic mass is 35.5. The largest absolute Gasteiger partial charge is 0.379 e. The van der Waals surface area contributed by atoms with Crippen LogP contribution in [0.25, 0.3) is 0 Å². The molecule has 142 valence electrons. The number of rotatable bonds is 17. The summed E-state index contributed by atoms with van der Waals surface area (Å²) in [5.74, 6) is 0.0389. The van der Waals surface area contributed by atoms with Crippen LogP contribution in [0.15, 0.2) is 0 Å². The van der Waals surface area contributed by atoms with E-state index in [-0.39, 0.29) is 23.5 Å². The van der Waals surface area contributed by atoms with Gasteiger partial charge in [-0.25, -0.2) is 0 Å². The predicted molar refractivity (Wildman–Crippen MR) is 91.5 cm³/mol. The van der Waals surface area contributed by atoms with E-state index in [1.807, 2.05) is 13.8 Å². The van der Waals surface area contributed by atoms with Crippen molar-refractivity contribution in [1.82, 2.24) is 5.32 Å². The highest BCUT2D eigenvalue weighted by molar-refractivity contribution is 6.27. The molecular formula is C16H30ClNO6. The molecule has 0 spiro atoms. The van der Waals surface area contributed by atoms with Gasteiger partial charge in [0.15, 0.2) is 0 Å². The van der Waals surface area contributed by atoms with Crippen LogP contribution in [0.4, 0.5) is 0 Å². The molecule has 0 unspecified atom stereocenters. The lowest BCUT2D eigenvalue weighted by Gasteiger charge is -2.08. The zero-order valence-corrected chi connectivity index (χ0v) is 15.4. The van der Waals surface area contributed by atoms with Crippen LogP contribution in [0.2, 0.25) is 0 Å². The van der Waals surface area contributed by atoms with Crippen LogP contribution in [0.5, 0.6) is 0 Å². The first-order chi connectivity index (χ1) is 11.6. The summed E-state index contributed by atoms with van der Waals surface area (Å²) in [6.45, 7) is 7.95. The summed E-state index contributed by atoms with van der Waals surface area (Å²) in [6.07, 6.45) is 0.455. The fourth-order valence-corrected chi connectivity index (χ4v) is 1.63. The summed E-state index contributed by atoms with van der Waals surface area (Å²) in [5, 5.41) is 2.60. The molecule has 0 aliphatic heterocycles. The van der Waals surface area contributed by atoms with Gasteiger partial charge in [0.05, 0.1) is 52.9 Å². The van der Waals surface area contributed by atoms with Gasteiger partial charge in [-0.2, -0.15) is 0 Å². The van der Waals surface area contributed by atoms with Crippen LogP contribution in [0.3, 0.4) is 0 Å². The molecule has 0 aliphatic rings. The zero-order valence-electron chi connectivity index (χ0n) is 14.7. The van der Waals surface area contributed by atoms with Crippen molar-refractivity contribution in [2.75, 3.05) is 65.3 Å². The summed E-state index contributed by atoms with van der Waals surface area (Å²) in [7, 11) is 0. The minimum Gasteiger partial charge on any atom is -0.379 e. The molecule has 0 saturated carbocycles. The number of hydrogen-bond acceptors (Lipinski definition) is 6. The fraction of sp³-hybridized carbons (Fsp3) is 0.875. The Balaban J connectivity index is 3.10. The molecule has 0 aliphatic carbocycles. The molecule has 8 heteroatoms. The average Bonchev–Trinajstić information content (AvgIpc) is 2.57. The molecule has 0 rings (SSSR count). The van der Waals surface area contributed by atoms with E-state index in [2.05, 4.69) is 5.32 Å². The first-order valence-electron chi connectivity index (χ1n) is 8.24. The van der Waals surface area contributed by atoms with Gasteiger partial charge in [0.1, 0.15) is 11.7 Å². The van der Waals surface area contributed by atoms with Crippen molar-refractivity contribution in [3.05, 3.63) is 0 Å². The Labute approximate surface area is 149 Å². The van der Waals surface area contributed by atoms with Crippen molar-refractivity contribution >= 4 is 23.3 Å². The zero-order chi connectivity index (χ0) is 18.0. The summed E-state index contributed by atoms with van der Waals surface area (Å²) in [4.78, 5) is 22.2. The van der Waals surface area contributed by atoms with E-state index in [1.54, 1.807) is 0 Å². The first kappa shape index (κ1) is 23.3. The molecule has 0 aromatic heterocycles. The minimum absolute atomic E-state index is 0.0375. The molecule has 1 N–H and O–H groups in total. The maximum atomic E-state index is 11.3. The van der Waals surface area contributed by atoms with Crippen molar-refractivity contribution in [1.29, 1.82) is 0 Å². The molecule has 7 nitrogen and oxygen atoms in total. The molecule has 0 fully saturated rings. The molecular weight excluding hydrogens is 338 g/mol. The third-order valence-corrected chi connectivity index (χ3v) is 3.19. The second-order valence-corrected chi connectivity index (χ2v) is 5.57. The van der Waals surface area contributed by atoms with Crippen LogP contribution < -0.4 is 5.32 Å². The van der Waals surface area contributed by atoms with Gasteiger partial charge >= 0.3 is 0 Å². The van der Waals surface area contributed by atoms with Crippen molar-refractivity contribution in [2.45, 2.75) is 20.3 Å². The maximum absolute atomic E-state index is 11.3. The molecule has 24 heavy (non-hydrogen) atoms. The number of alkyl halides is 1. The van der Waals surface area contributed by atoms with Crippen molar-refractivity contribution in [3.8, 4) is 0 Å². The van der Waals surface area contributed by atoms with Crippen molar-refractivity contribution < 1.29 is 28.5 Å². The average molecular weight is 368 g/mol. The van der Waals surface area contributed by atoms with Gasteiger partial charge in [0.25, 0.3) is 0 Å². The van der Waals surface area contributed by atoms with Crippen LogP contribution in [0, 0.1) is 5.92 Å². The van der Waals surface area contributed by atoms with Crippen LogP contribution in [-0.4, -0.2) is 77.0 Å². The Morgan fingerprint density at radius 3 is 1.75 bits per heavy atom. The molecule has 0 atom stereocenters. The quantitative estimate of drug-likeness (QED) is 0.305. The van der Waals surface area contributed by atoms with E-state index in [4.69, 9.17) is 30.5 Å². The van der Waals surface area contributed by atoms with E-state index >= 15 is 0 Å². The fourth-order valence-electron chi connectivity index (χ4n) is 1.53. The Kier molecular flexibility index (Phi) is 16.6. The third kappa shape index (κ3) is 16.1. The summed E-state index contributed by atoms with van der Waals surface area (Å²) in [5.41, 5.74) is 0. The number of ketones is 1. The molecule has 0 radical (unpaired) electrons. The van der Waals surface area contributed by atoms with Crippen molar-refractivity contribution in [2.24, 2.45) is 5.92 Å². The predicted octanol–water partition coefficient (Wildman–Crippen LogP) is 1.02. The number of hydrogen-bond donors (Lipinski definition) is 1. The highest BCUT2D eigenvalue weighted by Crippen LogP contribution is 1.98. The van der Waals surface area contributed by atoms with Crippen molar-refractivity contribution in [3.63, 3.8) is 0 Å². The number of ether oxygens (including phenoxy) is 4. The lowest BCUT2D eigenvalue weighted by Crippen LogP contribution is -2.28. The first-order valence-corrected chi connectivity index (χ1v) is 8.77. The number of nitrogens with one attached hydrogen (secondary N) is 1. The Hall–Kier alpha value is -0.730. The van der Waals surface area contributed by atoms with E-state index in [9.17, 15) is 9.59 Å². The SMILES string of the molecule is CC(C)C(=O)CCOCCOCCOCCOCCNC(=O)CCl. The smallest absolute Gasteiger partial charge is 0.235 e.